The Morgan fingerprint density at radius 1 is 1.62 bits per heavy atom. The van der Waals surface area contributed by atoms with Crippen LogP contribution in [0.5, 0.6) is 0 Å². The quantitative estimate of drug-likeness (QED) is 0.747. The highest BCUT2D eigenvalue weighted by atomic mass is 14.9. The smallest absolute Gasteiger partial charge is 0.0403 e. The standard InChI is InChI=1S/C11H18N2/c1-4-13-9-5-6-11(13)8-7-10(2)12-3/h5-10,12H,4H2,1-3H3/b8-7+. The van der Waals surface area contributed by atoms with Gasteiger partial charge < -0.3 is 9.88 Å². The minimum Gasteiger partial charge on any atom is -0.348 e. The molecule has 0 aliphatic heterocycles. The van der Waals surface area contributed by atoms with Crippen LogP contribution in [0.2, 0.25) is 0 Å². The van der Waals surface area contributed by atoms with Crippen LogP contribution in [0.25, 0.3) is 6.08 Å². The third-order valence-electron chi connectivity index (χ3n) is 2.22. The van der Waals surface area contributed by atoms with Crippen LogP contribution in [0.4, 0.5) is 0 Å². The van der Waals surface area contributed by atoms with Gasteiger partial charge in [-0.15, -0.1) is 0 Å². The zero-order valence-corrected chi connectivity index (χ0v) is 8.62. The summed E-state index contributed by atoms with van der Waals surface area (Å²) in [5.41, 5.74) is 1.27. The molecular weight excluding hydrogens is 160 g/mol. The van der Waals surface area contributed by atoms with Gasteiger partial charge in [-0.1, -0.05) is 6.08 Å². The van der Waals surface area contributed by atoms with E-state index in [9.17, 15) is 0 Å². The SMILES string of the molecule is CCn1cccc1/C=C/C(C)NC. The zero-order valence-electron chi connectivity index (χ0n) is 8.62. The van der Waals surface area contributed by atoms with Crippen LogP contribution in [0.15, 0.2) is 24.4 Å². The van der Waals surface area contributed by atoms with E-state index in [-0.39, 0.29) is 0 Å². The van der Waals surface area contributed by atoms with Crippen LogP contribution in [0, 0.1) is 0 Å². The molecule has 1 unspecified atom stereocenters. The lowest BCUT2D eigenvalue weighted by Gasteiger charge is -2.04. The molecule has 0 fully saturated rings. The molecule has 1 aromatic heterocycles. The summed E-state index contributed by atoms with van der Waals surface area (Å²) in [6.07, 6.45) is 6.43. The number of nitrogens with one attached hydrogen (secondary N) is 1. The molecule has 0 saturated heterocycles. The lowest BCUT2D eigenvalue weighted by atomic mass is 10.3. The van der Waals surface area contributed by atoms with Crippen molar-refractivity contribution in [2.24, 2.45) is 0 Å². The van der Waals surface area contributed by atoms with E-state index in [1.54, 1.807) is 0 Å². The molecule has 0 aromatic carbocycles. The summed E-state index contributed by atoms with van der Waals surface area (Å²) in [5.74, 6) is 0. The van der Waals surface area contributed by atoms with Crippen molar-refractivity contribution < 1.29 is 0 Å². The molecule has 1 N–H and O–H groups in total. The molecule has 0 radical (unpaired) electrons. The predicted molar refractivity (Wildman–Crippen MR) is 57.7 cm³/mol. The molecule has 1 heterocycles. The van der Waals surface area contributed by atoms with E-state index in [2.05, 4.69) is 54.2 Å². The summed E-state index contributed by atoms with van der Waals surface area (Å²) in [6.45, 7) is 5.31. The lowest BCUT2D eigenvalue weighted by molar-refractivity contribution is 0.728. The maximum atomic E-state index is 3.17. The second-order valence-electron chi connectivity index (χ2n) is 3.16. The summed E-state index contributed by atoms with van der Waals surface area (Å²) < 4.78 is 2.22. The Morgan fingerprint density at radius 2 is 2.38 bits per heavy atom. The molecule has 0 amide bonds. The van der Waals surface area contributed by atoms with Gasteiger partial charge in [0.15, 0.2) is 0 Å². The normalized spacial score (nSPS) is 13.8. The van der Waals surface area contributed by atoms with Gasteiger partial charge in [-0.25, -0.2) is 0 Å². The monoisotopic (exact) mass is 178 g/mol. The first-order chi connectivity index (χ1) is 6.27. The highest BCUT2D eigenvalue weighted by Crippen LogP contribution is 2.04. The predicted octanol–water partition coefficient (Wildman–Crippen LogP) is 2.13. The minimum atomic E-state index is 0.431. The van der Waals surface area contributed by atoms with E-state index in [0.29, 0.717) is 6.04 Å². The van der Waals surface area contributed by atoms with Gasteiger partial charge in [0.2, 0.25) is 0 Å². The van der Waals surface area contributed by atoms with Crippen LogP contribution >= 0.6 is 0 Å². The summed E-state index contributed by atoms with van der Waals surface area (Å²) in [4.78, 5) is 0. The molecule has 13 heavy (non-hydrogen) atoms. The van der Waals surface area contributed by atoms with E-state index >= 15 is 0 Å². The van der Waals surface area contributed by atoms with Gasteiger partial charge in [0.1, 0.15) is 0 Å². The average Bonchev–Trinajstić information content (AvgIpc) is 2.61. The fourth-order valence-electron chi connectivity index (χ4n) is 1.21. The Morgan fingerprint density at radius 3 is 3.00 bits per heavy atom. The number of aromatic nitrogens is 1. The Hall–Kier alpha value is -1.02. The summed E-state index contributed by atoms with van der Waals surface area (Å²) in [5, 5.41) is 3.17. The third kappa shape index (κ3) is 2.74. The lowest BCUT2D eigenvalue weighted by Crippen LogP contribution is -2.17. The first kappa shape index (κ1) is 10.1. The van der Waals surface area contributed by atoms with Crippen LogP contribution in [-0.4, -0.2) is 17.7 Å². The highest BCUT2D eigenvalue weighted by molar-refractivity contribution is 5.46. The molecular formula is C11H18N2. The van der Waals surface area contributed by atoms with Crippen molar-refractivity contribution in [1.29, 1.82) is 0 Å². The fourth-order valence-corrected chi connectivity index (χ4v) is 1.21. The summed E-state index contributed by atoms with van der Waals surface area (Å²) in [6, 6.07) is 4.63. The number of hydrogen-bond acceptors (Lipinski definition) is 1. The largest absolute Gasteiger partial charge is 0.348 e. The summed E-state index contributed by atoms with van der Waals surface area (Å²) >= 11 is 0. The van der Waals surface area contributed by atoms with Gasteiger partial charge in [0.25, 0.3) is 0 Å². The van der Waals surface area contributed by atoms with Gasteiger partial charge in [0, 0.05) is 24.5 Å². The molecule has 1 aromatic rings. The molecule has 0 aliphatic carbocycles. The molecule has 2 nitrogen and oxygen atoms in total. The Labute approximate surface area is 80.3 Å². The summed E-state index contributed by atoms with van der Waals surface area (Å²) in [7, 11) is 1.97. The van der Waals surface area contributed by atoms with Gasteiger partial charge >= 0.3 is 0 Å². The average molecular weight is 178 g/mol. The van der Waals surface area contributed by atoms with Crippen LogP contribution in [-0.2, 0) is 6.54 Å². The van der Waals surface area contributed by atoms with Crippen LogP contribution in [0.1, 0.15) is 19.5 Å². The first-order valence-electron chi connectivity index (χ1n) is 4.78. The third-order valence-corrected chi connectivity index (χ3v) is 2.22. The Kier molecular flexibility index (Phi) is 3.77. The molecule has 0 saturated carbocycles. The van der Waals surface area contributed by atoms with E-state index in [0.717, 1.165) is 6.54 Å². The van der Waals surface area contributed by atoms with Crippen molar-refractivity contribution in [3.8, 4) is 0 Å². The van der Waals surface area contributed by atoms with Crippen molar-refractivity contribution in [3.05, 3.63) is 30.1 Å². The van der Waals surface area contributed by atoms with Crippen LogP contribution in [0.3, 0.4) is 0 Å². The number of rotatable bonds is 4. The van der Waals surface area contributed by atoms with Crippen LogP contribution < -0.4 is 5.32 Å². The second-order valence-corrected chi connectivity index (χ2v) is 3.16. The maximum absolute atomic E-state index is 3.17. The molecule has 0 aliphatic rings. The molecule has 2 heteroatoms. The fraction of sp³-hybridized carbons (Fsp3) is 0.455. The van der Waals surface area contributed by atoms with E-state index < -0.39 is 0 Å². The van der Waals surface area contributed by atoms with Crippen molar-refractivity contribution in [3.63, 3.8) is 0 Å². The van der Waals surface area contributed by atoms with E-state index in [1.165, 1.54) is 5.69 Å². The zero-order chi connectivity index (χ0) is 9.68. The Bertz CT molecular complexity index is 273. The van der Waals surface area contributed by atoms with Crippen molar-refractivity contribution >= 4 is 6.08 Å². The molecule has 0 spiro atoms. The topological polar surface area (TPSA) is 17.0 Å². The first-order valence-corrected chi connectivity index (χ1v) is 4.78. The van der Waals surface area contributed by atoms with E-state index in [4.69, 9.17) is 0 Å². The van der Waals surface area contributed by atoms with Gasteiger partial charge in [-0.3, -0.25) is 0 Å². The van der Waals surface area contributed by atoms with Gasteiger partial charge in [-0.05, 0) is 39.1 Å². The Balaban J connectivity index is 2.67. The van der Waals surface area contributed by atoms with Crippen molar-refractivity contribution in [1.82, 2.24) is 9.88 Å². The number of likely N-dealkylation sites (N-methyl/N-ethyl adjacent to an activating group) is 1. The molecule has 0 bridgehead atoms. The van der Waals surface area contributed by atoms with Gasteiger partial charge in [-0.2, -0.15) is 0 Å². The molecule has 72 valence electrons. The molecule has 1 atom stereocenters. The highest BCUT2D eigenvalue weighted by Gasteiger charge is 1.94. The number of hydrogen-bond donors (Lipinski definition) is 1. The number of nitrogens with zero attached hydrogens (tertiary/aromatic N) is 1. The maximum Gasteiger partial charge on any atom is 0.0403 e. The molecule has 1 rings (SSSR count). The number of aryl methyl sites for hydroxylation is 1. The van der Waals surface area contributed by atoms with Gasteiger partial charge in [0.05, 0.1) is 0 Å². The van der Waals surface area contributed by atoms with E-state index in [1.807, 2.05) is 7.05 Å². The van der Waals surface area contributed by atoms with Crippen molar-refractivity contribution in [2.75, 3.05) is 7.05 Å². The van der Waals surface area contributed by atoms with Crippen molar-refractivity contribution in [2.45, 2.75) is 26.4 Å². The second kappa shape index (κ2) is 4.87. The minimum absolute atomic E-state index is 0.431.